The number of hydrogen-bond acceptors (Lipinski definition) is 4. The molecule has 1 aromatic heterocycles. The fourth-order valence-corrected chi connectivity index (χ4v) is 2.27. The summed E-state index contributed by atoms with van der Waals surface area (Å²) in [7, 11) is 0. The number of nitrogens with zero attached hydrogens (tertiary/aromatic N) is 3. The largest absolute Gasteiger partial charge is 0.462 e. The zero-order chi connectivity index (χ0) is 12.8. The Balaban J connectivity index is 1.74. The maximum absolute atomic E-state index is 11.5. The van der Waals surface area contributed by atoms with E-state index in [9.17, 15) is 4.79 Å². The first-order chi connectivity index (χ1) is 8.79. The molecule has 2 heterocycles. The highest BCUT2D eigenvalue weighted by atomic mass is 16.5. The van der Waals surface area contributed by atoms with Crippen LogP contribution in [0.25, 0.3) is 0 Å². The van der Waals surface area contributed by atoms with Crippen molar-refractivity contribution in [3.8, 4) is 0 Å². The van der Waals surface area contributed by atoms with Crippen molar-refractivity contribution in [2.75, 3.05) is 26.2 Å². The quantitative estimate of drug-likeness (QED) is 0.720. The SMILES string of the molecule is CCOC(=O)c1cnn(CCCN2CCCC2)c1. The number of hydrogen-bond donors (Lipinski definition) is 0. The molecule has 0 N–H and O–H groups in total. The summed E-state index contributed by atoms with van der Waals surface area (Å²) >= 11 is 0. The summed E-state index contributed by atoms with van der Waals surface area (Å²) in [6.45, 7) is 6.64. The second-order valence-corrected chi connectivity index (χ2v) is 4.61. The van der Waals surface area contributed by atoms with E-state index in [-0.39, 0.29) is 5.97 Å². The highest BCUT2D eigenvalue weighted by molar-refractivity contribution is 5.88. The lowest BCUT2D eigenvalue weighted by atomic mass is 10.3. The lowest BCUT2D eigenvalue weighted by Gasteiger charge is -2.13. The molecule has 1 saturated heterocycles. The Kier molecular flexibility index (Phi) is 4.75. The summed E-state index contributed by atoms with van der Waals surface area (Å²) in [5, 5.41) is 4.18. The van der Waals surface area contributed by atoms with E-state index in [4.69, 9.17) is 4.74 Å². The molecule has 0 bridgehead atoms. The van der Waals surface area contributed by atoms with Crippen LogP contribution in [0.1, 0.15) is 36.5 Å². The van der Waals surface area contributed by atoms with Crippen LogP contribution in [-0.2, 0) is 11.3 Å². The van der Waals surface area contributed by atoms with Gasteiger partial charge in [0, 0.05) is 12.7 Å². The first kappa shape index (κ1) is 13.1. The minimum absolute atomic E-state index is 0.289. The number of aromatic nitrogens is 2. The van der Waals surface area contributed by atoms with Crippen molar-refractivity contribution in [3.05, 3.63) is 18.0 Å². The van der Waals surface area contributed by atoms with Crippen molar-refractivity contribution >= 4 is 5.97 Å². The first-order valence-electron chi connectivity index (χ1n) is 6.71. The predicted molar refractivity (Wildman–Crippen MR) is 68.5 cm³/mol. The summed E-state index contributed by atoms with van der Waals surface area (Å²) in [5.41, 5.74) is 0.540. The molecule has 0 unspecified atom stereocenters. The van der Waals surface area contributed by atoms with Gasteiger partial charge in [-0.1, -0.05) is 0 Å². The van der Waals surface area contributed by atoms with Crippen molar-refractivity contribution in [1.29, 1.82) is 0 Å². The standard InChI is InChI=1S/C13H21N3O2/c1-2-18-13(17)12-10-14-16(11-12)9-5-8-15-6-3-4-7-15/h10-11H,2-9H2,1H3. The molecular weight excluding hydrogens is 230 g/mol. The van der Waals surface area contributed by atoms with E-state index in [1.54, 1.807) is 19.3 Å². The van der Waals surface area contributed by atoms with Gasteiger partial charge in [-0.05, 0) is 45.8 Å². The predicted octanol–water partition coefficient (Wildman–Crippen LogP) is 1.55. The molecule has 1 aliphatic rings. The molecule has 0 aromatic carbocycles. The molecule has 1 aliphatic heterocycles. The van der Waals surface area contributed by atoms with Crippen molar-refractivity contribution in [3.63, 3.8) is 0 Å². The summed E-state index contributed by atoms with van der Waals surface area (Å²) in [6.07, 6.45) is 7.07. The van der Waals surface area contributed by atoms with Gasteiger partial charge in [0.25, 0.3) is 0 Å². The Morgan fingerprint density at radius 2 is 2.17 bits per heavy atom. The Morgan fingerprint density at radius 3 is 2.89 bits per heavy atom. The molecule has 1 aromatic rings. The highest BCUT2D eigenvalue weighted by Gasteiger charge is 2.11. The average molecular weight is 251 g/mol. The first-order valence-corrected chi connectivity index (χ1v) is 6.71. The fraction of sp³-hybridized carbons (Fsp3) is 0.692. The molecule has 18 heavy (non-hydrogen) atoms. The molecule has 5 nitrogen and oxygen atoms in total. The van der Waals surface area contributed by atoms with Gasteiger partial charge in [-0.2, -0.15) is 5.10 Å². The second kappa shape index (κ2) is 6.54. The summed E-state index contributed by atoms with van der Waals surface area (Å²) in [5.74, 6) is -0.289. The number of esters is 1. The van der Waals surface area contributed by atoms with Gasteiger partial charge in [0.2, 0.25) is 0 Å². The number of aryl methyl sites for hydroxylation is 1. The van der Waals surface area contributed by atoms with Crippen LogP contribution in [0.15, 0.2) is 12.4 Å². The minimum Gasteiger partial charge on any atom is -0.462 e. The Hall–Kier alpha value is -1.36. The molecular formula is C13H21N3O2. The van der Waals surface area contributed by atoms with Gasteiger partial charge >= 0.3 is 5.97 Å². The van der Waals surface area contributed by atoms with E-state index in [1.807, 2.05) is 4.68 Å². The van der Waals surface area contributed by atoms with Crippen LogP contribution in [0.3, 0.4) is 0 Å². The molecule has 100 valence electrons. The van der Waals surface area contributed by atoms with Crippen molar-refractivity contribution in [2.45, 2.75) is 32.7 Å². The molecule has 0 amide bonds. The van der Waals surface area contributed by atoms with Crippen LogP contribution in [0.2, 0.25) is 0 Å². The molecule has 2 rings (SSSR count). The molecule has 5 heteroatoms. The average Bonchev–Trinajstić information content (AvgIpc) is 3.00. The van der Waals surface area contributed by atoms with E-state index in [0.29, 0.717) is 12.2 Å². The molecule has 0 saturated carbocycles. The molecule has 0 atom stereocenters. The number of carbonyl (C=O) groups is 1. The van der Waals surface area contributed by atoms with Crippen LogP contribution >= 0.6 is 0 Å². The zero-order valence-corrected chi connectivity index (χ0v) is 11.0. The number of rotatable bonds is 6. The lowest BCUT2D eigenvalue weighted by Crippen LogP contribution is -2.21. The van der Waals surface area contributed by atoms with Gasteiger partial charge in [-0.25, -0.2) is 4.79 Å². The van der Waals surface area contributed by atoms with Gasteiger partial charge in [-0.3, -0.25) is 4.68 Å². The molecule has 0 radical (unpaired) electrons. The van der Waals surface area contributed by atoms with Crippen molar-refractivity contribution in [2.24, 2.45) is 0 Å². The fourth-order valence-electron chi connectivity index (χ4n) is 2.27. The Labute approximate surface area is 108 Å². The molecule has 1 fully saturated rings. The van der Waals surface area contributed by atoms with Gasteiger partial charge in [0.1, 0.15) is 0 Å². The van der Waals surface area contributed by atoms with Gasteiger partial charge in [-0.15, -0.1) is 0 Å². The van der Waals surface area contributed by atoms with Gasteiger partial charge in [0.15, 0.2) is 0 Å². The normalized spacial score (nSPS) is 16.1. The smallest absolute Gasteiger partial charge is 0.341 e. The Bertz CT molecular complexity index is 383. The summed E-state index contributed by atoms with van der Waals surface area (Å²) in [6, 6.07) is 0. The van der Waals surface area contributed by atoms with Crippen LogP contribution in [0.5, 0.6) is 0 Å². The topological polar surface area (TPSA) is 47.4 Å². The van der Waals surface area contributed by atoms with Crippen LogP contribution in [-0.4, -0.2) is 46.9 Å². The highest BCUT2D eigenvalue weighted by Crippen LogP contribution is 2.08. The van der Waals surface area contributed by atoms with Gasteiger partial charge in [0.05, 0.1) is 18.4 Å². The third-order valence-electron chi connectivity index (χ3n) is 3.20. The maximum Gasteiger partial charge on any atom is 0.341 e. The van der Waals surface area contributed by atoms with Crippen molar-refractivity contribution in [1.82, 2.24) is 14.7 Å². The minimum atomic E-state index is -0.289. The van der Waals surface area contributed by atoms with E-state index in [2.05, 4.69) is 10.00 Å². The second-order valence-electron chi connectivity index (χ2n) is 4.61. The number of ether oxygens (including phenoxy) is 1. The van der Waals surface area contributed by atoms with E-state index >= 15 is 0 Å². The van der Waals surface area contributed by atoms with E-state index in [0.717, 1.165) is 19.5 Å². The maximum atomic E-state index is 11.5. The summed E-state index contributed by atoms with van der Waals surface area (Å²) < 4.78 is 6.75. The van der Waals surface area contributed by atoms with Gasteiger partial charge < -0.3 is 9.64 Å². The monoisotopic (exact) mass is 251 g/mol. The van der Waals surface area contributed by atoms with Crippen LogP contribution in [0, 0.1) is 0 Å². The van der Waals surface area contributed by atoms with Crippen LogP contribution < -0.4 is 0 Å². The number of carbonyl (C=O) groups excluding carboxylic acids is 1. The third-order valence-corrected chi connectivity index (χ3v) is 3.20. The third kappa shape index (κ3) is 3.57. The summed E-state index contributed by atoms with van der Waals surface area (Å²) in [4.78, 5) is 13.9. The van der Waals surface area contributed by atoms with E-state index < -0.39 is 0 Å². The lowest BCUT2D eigenvalue weighted by molar-refractivity contribution is 0.0526. The molecule has 0 aliphatic carbocycles. The van der Waals surface area contributed by atoms with Crippen molar-refractivity contribution < 1.29 is 9.53 Å². The number of likely N-dealkylation sites (tertiary alicyclic amines) is 1. The Morgan fingerprint density at radius 1 is 1.39 bits per heavy atom. The molecule has 0 spiro atoms. The van der Waals surface area contributed by atoms with E-state index in [1.165, 1.54) is 25.9 Å². The van der Waals surface area contributed by atoms with Crippen LogP contribution in [0.4, 0.5) is 0 Å². The zero-order valence-electron chi connectivity index (χ0n) is 11.0.